The first-order valence-corrected chi connectivity index (χ1v) is 8.22. The molecule has 1 amide bonds. The van der Waals surface area contributed by atoms with Crippen molar-refractivity contribution in [2.45, 2.75) is 26.2 Å². The number of ketones is 1. The molecule has 0 spiro atoms. The molecule has 2 aliphatic rings. The molecule has 3 rings (SSSR count). The third-order valence-corrected chi connectivity index (χ3v) is 5.09. The van der Waals surface area contributed by atoms with Crippen LogP contribution in [0.3, 0.4) is 0 Å². The lowest BCUT2D eigenvalue weighted by atomic mass is 9.92. The van der Waals surface area contributed by atoms with E-state index in [2.05, 4.69) is 5.32 Å². The Hall–Kier alpha value is -1.68. The second kappa shape index (κ2) is 6.61. The number of hydrogen-bond donors (Lipinski definition) is 1. The fourth-order valence-corrected chi connectivity index (χ4v) is 3.61. The smallest absolute Gasteiger partial charge is 0.226 e. The van der Waals surface area contributed by atoms with Gasteiger partial charge in [-0.1, -0.05) is 24.3 Å². The van der Waals surface area contributed by atoms with Crippen molar-refractivity contribution in [2.24, 2.45) is 11.8 Å². The monoisotopic (exact) mass is 300 g/mol. The van der Waals surface area contributed by atoms with Gasteiger partial charge in [0.2, 0.25) is 5.91 Å². The van der Waals surface area contributed by atoms with Crippen molar-refractivity contribution in [2.75, 3.05) is 26.2 Å². The molecule has 2 aliphatic heterocycles. The van der Waals surface area contributed by atoms with E-state index < -0.39 is 0 Å². The Bertz CT molecular complexity index is 539. The Labute approximate surface area is 131 Å². The molecular formula is C18H24N2O2. The third kappa shape index (κ3) is 3.38. The van der Waals surface area contributed by atoms with Crippen LogP contribution in [0, 0.1) is 11.8 Å². The number of Topliss-reactive ketones (excluding diaryl/α,β-unsaturated/α-hetero) is 1. The predicted molar refractivity (Wildman–Crippen MR) is 85.8 cm³/mol. The number of carbonyl (C=O) groups excluding carboxylic acids is 2. The van der Waals surface area contributed by atoms with Crippen molar-refractivity contribution in [1.82, 2.24) is 10.2 Å². The summed E-state index contributed by atoms with van der Waals surface area (Å²) < 4.78 is 0. The predicted octanol–water partition coefficient (Wildman–Crippen LogP) is 1.89. The maximum atomic E-state index is 12.5. The largest absolute Gasteiger partial charge is 0.342 e. The minimum absolute atomic E-state index is 0.0607. The number of amides is 1. The summed E-state index contributed by atoms with van der Waals surface area (Å²) in [5.74, 6) is 1.76. The van der Waals surface area contributed by atoms with Gasteiger partial charge in [0, 0.05) is 18.7 Å². The van der Waals surface area contributed by atoms with Crippen LogP contribution >= 0.6 is 0 Å². The van der Waals surface area contributed by atoms with Gasteiger partial charge in [-0.15, -0.1) is 0 Å². The lowest BCUT2D eigenvalue weighted by molar-refractivity contribution is -0.130. The van der Waals surface area contributed by atoms with Crippen LogP contribution in [0.15, 0.2) is 24.3 Å². The van der Waals surface area contributed by atoms with Crippen LogP contribution in [-0.4, -0.2) is 42.8 Å². The summed E-state index contributed by atoms with van der Waals surface area (Å²) in [6, 6.07) is 7.41. The first-order valence-electron chi connectivity index (χ1n) is 8.22. The highest BCUT2D eigenvalue weighted by Gasteiger charge is 2.31. The lowest BCUT2D eigenvalue weighted by Crippen LogP contribution is -2.33. The van der Waals surface area contributed by atoms with E-state index in [1.165, 1.54) is 0 Å². The van der Waals surface area contributed by atoms with Crippen molar-refractivity contribution in [3.8, 4) is 0 Å². The molecule has 1 aromatic rings. The number of nitrogens with one attached hydrogen (secondary N) is 1. The lowest BCUT2D eigenvalue weighted by Gasteiger charge is -2.21. The van der Waals surface area contributed by atoms with Crippen LogP contribution in [0.25, 0.3) is 0 Å². The zero-order chi connectivity index (χ0) is 15.5. The Morgan fingerprint density at radius 1 is 1.09 bits per heavy atom. The van der Waals surface area contributed by atoms with Gasteiger partial charge in [-0.25, -0.2) is 0 Å². The van der Waals surface area contributed by atoms with Crippen LogP contribution < -0.4 is 5.32 Å². The van der Waals surface area contributed by atoms with E-state index >= 15 is 0 Å². The first kappa shape index (κ1) is 15.2. The van der Waals surface area contributed by atoms with Gasteiger partial charge in [0.25, 0.3) is 0 Å². The molecule has 0 bridgehead atoms. The van der Waals surface area contributed by atoms with E-state index in [9.17, 15) is 9.59 Å². The molecular weight excluding hydrogens is 276 g/mol. The number of nitrogens with zero attached hydrogens (tertiary/aromatic N) is 1. The molecule has 4 nitrogen and oxygen atoms in total. The van der Waals surface area contributed by atoms with E-state index in [0.717, 1.165) is 56.4 Å². The van der Waals surface area contributed by atoms with E-state index in [-0.39, 0.29) is 11.7 Å². The Morgan fingerprint density at radius 2 is 1.68 bits per heavy atom. The normalized spacial score (nSPS) is 24.7. The average molecular weight is 300 g/mol. The molecule has 0 radical (unpaired) electrons. The summed E-state index contributed by atoms with van der Waals surface area (Å²) in [4.78, 5) is 25.8. The van der Waals surface area contributed by atoms with Gasteiger partial charge in [0.05, 0.1) is 6.42 Å². The van der Waals surface area contributed by atoms with Crippen molar-refractivity contribution < 1.29 is 9.59 Å². The second-order valence-corrected chi connectivity index (χ2v) is 6.57. The highest BCUT2D eigenvalue weighted by Crippen LogP contribution is 2.27. The molecule has 2 heterocycles. The maximum absolute atomic E-state index is 12.5. The fraction of sp³-hybridized carbons (Fsp3) is 0.556. The van der Waals surface area contributed by atoms with E-state index in [4.69, 9.17) is 0 Å². The van der Waals surface area contributed by atoms with Gasteiger partial charge in [0.15, 0.2) is 5.78 Å². The molecule has 118 valence electrons. The van der Waals surface area contributed by atoms with Gasteiger partial charge in [-0.05, 0) is 50.3 Å². The summed E-state index contributed by atoms with van der Waals surface area (Å²) in [7, 11) is 0. The average Bonchev–Trinajstić information content (AvgIpc) is 2.86. The van der Waals surface area contributed by atoms with Crippen LogP contribution in [0.5, 0.6) is 0 Å². The fourth-order valence-electron chi connectivity index (χ4n) is 3.61. The SMILES string of the molecule is CC(=O)c1ccc(CC(=O)N2CC[C@@H]3CNC[C@@H]3CC2)cc1. The summed E-state index contributed by atoms with van der Waals surface area (Å²) >= 11 is 0. The van der Waals surface area contributed by atoms with Crippen molar-refractivity contribution in [1.29, 1.82) is 0 Å². The second-order valence-electron chi connectivity index (χ2n) is 6.57. The summed E-state index contributed by atoms with van der Waals surface area (Å²) in [5.41, 5.74) is 1.69. The molecule has 0 aliphatic carbocycles. The number of likely N-dealkylation sites (tertiary alicyclic amines) is 1. The minimum Gasteiger partial charge on any atom is -0.342 e. The molecule has 0 aromatic heterocycles. The summed E-state index contributed by atoms with van der Waals surface area (Å²) in [6.45, 7) is 5.54. The topological polar surface area (TPSA) is 49.4 Å². The van der Waals surface area contributed by atoms with Crippen molar-refractivity contribution in [3.05, 3.63) is 35.4 Å². The molecule has 2 saturated heterocycles. The third-order valence-electron chi connectivity index (χ3n) is 5.09. The Morgan fingerprint density at radius 3 is 2.23 bits per heavy atom. The molecule has 1 aromatic carbocycles. The van der Waals surface area contributed by atoms with Crippen LogP contribution in [-0.2, 0) is 11.2 Å². The molecule has 0 saturated carbocycles. The Kier molecular flexibility index (Phi) is 4.57. The van der Waals surface area contributed by atoms with Crippen molar-refractivity contribution >= 4 is 11.7 Å². The number of carbonyl (C=O) groups is 2. The van der Waals surface area contributed by atoms with Gasteiger partial charge in [-0.2, -0.15) is 0 Å². The molecule has 22 heavy (non-hydrogen) atoms. The number of rotatable bonds is 3. The Balaban J connectivity index is 1.58. The van der Waals surface area contributed by atoms with E-state index in [1.807, 2.05) is 29.2 Å². The molecule has 2 atom stereocenters. The summed E-state index contributed by atoms with van der Waals surface area (Å²) in [6.07, 6.45) is 2.67. The first-order chi connectivity index (χ1) is 10.6. The van der Waals surface area contributed by atoms with Gasteiger partial charge in [0.1, 0.15) is 0 Å². The number of benzene rings is 1. The van der Waals surface area contributed by atoms with Crippen LogP contribution in [0.1, 0.15) is 35.7 Å². The van der Waals surface area contributed by atoms with Crippen molar-refractivity contribution in [3.63, 3.8) is 0 Å². The minimum atomic E-state index is 0.0607. The van der Waals surface area contributed by atoms with Gasteiger partial charge < -0.3 is 10.2 Å². The summed E-state index contributed by atoms with van der Waals surface area (Å²) in [5, 5.41) is 3.46. The van der Waals surface area contributed by atoms with Crippen LogP contribution in [0.4, 0.5) is 0 Å². The van der Waals surface area contributed by atoms with Crippen LogP contribution in [0.2, 0.25) is 0 Å². The van der Waals surface area contributed by atoms with Gasteiger partial charge in [-0.3, -0.25) is 9.59 Å². The standard InChI is InChI=1S/C18H24N2O2/c1-13(21)15-4-2-14(3-5-15)10-18(22)20-8-6-16-11-19-12-17(16)7-9-20/h2-5,16-17,19H,6-12H2,1H3/t16-,17+. The quantitative estimate of drug-likeness (QED) is 0.867. The van der Waals surface area contributed by atoms with E-state index in [1.54, 1.807) is 6.92 Å². The highest BCUT2D eigenvalue weighted by molar-refractivity contribution is 5.94. The molecule has 1 N–H and O–H groups in total. The molecule has 2 fully saturated rings. The molecule has 0 unspecified atom stereocenters. The zero-order valence-corrected chi connectivity index (χ0v) is 13.2. The maximum Gasteiger partial charge on any atom is 0.226 e. The van der Waals surface area contributed by atoms with E-state index in [0.29, 0.717) is 12.0 Å². The van der Waals surface area contributed by atoms with Gasteiger partial charge >= 0.3 is 0 Å². The zero-order valence-electron chi connectivity index (χ0n) is 13.2. The highest BCUT2D eigenvalue weighted by atomic mass is 16.2. The molecule has 4 heteroatoms. The number of fused-ring (bicyclic) bond motifs is 1. The number of hydrogen-bond acceptors (Lipinski definition) is 3.